The molecule has 7 nitrogen and oxygen atoms in total. The van der Waals surface area contributed by atoms with Gasteiger partial charge < -0.3 is 20.4 Å². The number of anilines is 2. The molecule has 206 valence electrons. The number of benzene rings is 2. The second kappa shape index (κ2) is 11.9. The molecule has 0 unspecified atom stereocenters. The lowest BCUT2D eigenvalue weighted by Crippen LogP contribution is -2.31. The smallest absolute Gasteiger partial charge is 0.254 e. The molecule has 0 bridgehead atoms. The molecule has 1 atom stereocenters. The Morgan fingerprint density at radius 2 is 1.48 bits per heavy atom. The predicted octanol–water partition coefficient (Wildman–Crippen LogP) is 6.84. The number of dihydropyridines is 1. The van der Waals surface area contributed by atoms with Crippen LogP contribution in [0.3, 0.4) is 0 Å². The van der Waals surface area contributed by atoms with E-state index >= 15 is 0 Å². The van der Waals surface area contributed by atoms with Crippen LogP contribution in [-0.4, -0.2) is 17.6 Å². The highest BCUT2D eigenvalue weighted by molar-refractivity contribution is 8.03. The Morgan fingerprint density at radius 1 is 0.925 bits per heavy atom. The number of hydrogen-bond acceptors (Lipinski definition) is 6. The van der Waals surface area contributed by atoms with Crippen molar-refractivity contribution in [2.24, 2.45) is 0 Å². The summed E-state index contributed by atoms with van der Waals surface area (Å²) in [6.07, 6.45) is 1.53. The fraction of sp³-hybridized carbons (Fsp3) is 0.281. The second-order valence-electron chi connectivity index (χ2n) is 10.3. The summed E-state index contributed by atoms with van der Waals surface area (Å²) in [6, 6.07) is 13.9. The SMILES string of the molecule is CC1=C(C(=O)Nc2c(C)cc(C)cc2C)[C@@H](c2ccco2)C(C#N)=C(SCC(=O)Nc2c(C)cc(C)cc2C)N1. The van der Waals surface area contributed by atoms with Crippen LogP contribution in [0, 0.1) is 52.9 Å². The number of carbonyl (C=O) groups is 2. The molecule has 0 spiro atoms. The van der Waals surface area contributed by atoms with Gasteiger partial charge in [0.05, 0.1) is 40.2 Å². The number of rotatable bonds is 7. The number of thioether (sulfide) groups is 1. The first-order valence-corrected chi connectivity index (χ1v) is 14.0. The molecule has 3 aromatic rings. The van der Waals surface area contributed by atoms with E-state index in [9.17, 15) is 14.9 Å². The number of nitriles is 1. The Balaban J connectivity index is 1.61. The molecule has 0 saturated carbocycles. The molecule has 2 aromatic carbocycles. The van der Waals surface area contributed by atoms with Crippen molar-refractivity contribution in [3.8, 4) is 6.07 Å². The third kappa shape index (κ3) is 6.00. The van der Waals surface area contributed by atoms with E-state index < -0.39 is 5.92 Å². The number of amides is 2. The van der Waals surface area contributed by atoms with E-state index in [2.05, 4.69) is 22.0 Å². The van der Waals surface area contributed by atoms with Gasteiger partial charge in [-0.3, -0.25) is 9.59 Å². The van der Waals surface area contributed by atoms with Gasteiger partial charge >= 0.3 is 0 Å². The molecule has 1 aliphatic heterocycles. The Hall–Kier alpha value is -4.22. The standard InChI is InChI=1S/C32H34N4O3S/c1-17-11-19(3)29(20(4)12-17)35-26(37)16-40-32-24(15-33)28(25-9-8-10-39-25)27(23(7)34-32)31(38)36-30-21(5)13-18(2)14-22(30)6/h8-14,28,34H,16H2,1-7H3,(H,35,37)(H,36,38)/t28-/m1/s1. The summed E-state index contributed by atoms with van der Waals surface area (Å²) in [7, 11) is 0. The lowest BCUT2D eigenvalue weighted by molar-refractivity contribution is -0.114. The lowest BCUT2D eigenvalue weighted by Gasteiger charge is -2.28. The normalized spacial score (nSPS) is 15.0. The number of nitrogens with one attached hydrogen (secondary N) is 3. The minimum absolute atomic E-state index is 0.0850. The summed E-state index contributed by atoms with van der Waals surface area (Å²) >= 11 is 1.23. The molecule has 1 aliphatic rings. The largest absolute Gasteiger partial charge is 0.468 e. The number of furan rings is 1. The van der Waals surface area contributed by atoms with E-state index in [1.807, 2.05) is 65.8 Å². The first kappa shape index (κ1) is 28.8. The topological polar surface area (TPSA) is 107 Å². The predicted molar refractivity (Wildman–Crippen MR) is 161 cm³/mol. The van der Waals surface area contributed by atoms with Crippen LogP contribution in [0.1, 0.15) is 52.0 Å². The highest BCUT2D eigenvalue weighted by Crippen LogP contribution is 2.41. The monoisotopic (exact) mass is 554 g/mol. The van der Waals surface area contributed by atoms with Gasteiger partial charge in [0.25, 0.3) is 5.91 Å². The van der Waals surface area contributed by atoms with E-state index in [1.54, 1.807) is 19.1 Å². The molecule has 2 heterocycles. The Labute approximate surface area is 239 Å². The first-order chi connectivity index (χ1) is 19.0. The number of aryl methyl sites for hydroxylation is 6. The highest BCUT2D eigenvalue weighted by atomic mass is 32.2. The quantitative estimate of drug-likeness (QED) is 0.295. The van der Waals surface area contributed by atoms with Crippen molar-refractivity contribution in [2.75, 3.05) is 16.4 Å². The fourth-order valence-electron chi connectivity index (χ4n) is 5.32. The maximum Gasteiger partial charge on any atom is 0.254 e. The molecule has 40 heavy (non-hydrogen) atoms. The van der Waals surface area contributed by atoms with Crippen molar-refractivity contribution in [3.63, 3.8) is 0 Å². The Kier molecular flexibility index (Phi) is 8.55. The minimum Gasteiger partial charge on any atom is -0.468 e. The number of hydrogen-bond donors (Lipinski definition) is 3. The molecule has 0 saturated heterocycles. The molecular formula is C32H34N4O3S. The summed E-state index contributed by atoms with van der Waals surface area (Å²) in [5, 5.41) is 20.1. The Morgan fingerprint density at radius 3 is 1.98 bits per heavy atom. The summed E-state index contributed by atoms with van der Waals surface area (Å²) < 4.78 is 5.72. The zero-order valence-corrected chi connectivity index (χ0v) is 24.7. The van der Waals surface area contributed by atoms with Crippen LogP contribution in [0.2, 0.25) is 0 Å². The molecule has 0 aliphatic carbocycles. The molecule has 4 rings (SSSR count). The minimum atomic E-state index is -0.723. The maximum absolute atomic E-state index is 13.7. The number of allylic oxidation sites excluding steroid dienone is 2. The van der Waals surface area contributed by atoms with Crippen LogP contribution in [0.4, 0.5) is 11.4 Å². The number of carbonyl (C=O) groups excluding carboxylic acids is 2. The van der Waals surface area contributed by atoms with Crippen molar-refractivity contribution >= 4 is 35.0 Å². The van der Waals surface area contributed by atoms with Gasteiger partial charge in [-0.2, -0.15) is 5.26 Å². The van der Waals surface area contributed by atoms with E-state index in [4.69, 9.17) is 4.42 Å². The van der Waals surface area contributed by atoms with E-state index in [0.717, 1.165) is 44.8 Å². The summed E-state index contributed by atoms with van der Waals surface area (Å²) in [6.45, 7) is 13.7. The van der Waals surface area contributed by atoms with Crippen molar-refractivity contribution in [3.05, 3.63) is 104 Å². The van der Waals surface area contributed by atoms with Crippen LogP contribution >= 0.6 is 11.8 Å². The van der Waals surface area contributed by atoms with Gasteiger partial charge in [-0.15, -0.1) is 0 Å². The average molecular weight is 555 g/mol. The summed E-state index contributed by atoms with van der Waals surface area (Å²) in [5.74, 6) is -0.660. The molecular weight excluding hydrogens is 520 g/mol. The fourth-order valence-corrected chi connectivity index (χ4v) is 6.21. The molecule has 2 amide bonds. The summed E-state index contributed by atoms with van der Waals surface area (Å²) in [4.78, 5) is 26.7. The molecule has 0 radical (unpaired) electrons. The summed E-state index contributed by atoms with van der Waals surface area (Å²) in [5.41, 5.74) is 9.01. The van der Waals surface area contributed by atoms with Crippen LogP contribution < -0.4 is 16.0 Å². The Bertz CT molecular complexity index is 1550. The maximum atomic E-state index is 13.7. The van der Waals surface area contributed by atoms with Crippen molar-refractivity contribution in [1.82, 2.24) is 5.32 Å². The van der Waals surface area contributed by atoms with Crippen LogP contribution in [0.25, 0.3) is 0 Å². The van der Waals surface area contributed by atoms with Gasteiger partial charge in [-0.05, 0) is 82.9 Å². The number of nitrogens with zero attached hydrogens (tertiary/aromatic N) is 1. The average Bonchev–Trinajstić information content (AvgIpc) is 3.41. The molecule has 0 fully saturated rings. The van der Waals surface area contributed by atoms with Crippen molar-refractivity contribution < 1.29 is 14.0 Å². The molecule has 8 heteroatoms. The van der Waals surface area contributed by atoms with Gasteiger partial charge in [-0.1, -0.05) is 47.2 Å². The third-order valence-corrected chi connectivity index (χ3v) is 7.94. The van der Waals surface area contributed by atoms with Gasteiger partial charge in [0.2, 0.25) is 5.91 Å². The van der Waals surface area contributed by atoms with Gasteiger partial charge in [-0.25, -0.2) is 0 Å². The zero-order valence-electron chi connectivity index (χ0n) is 23.9. The van der Waals surface area contributed by atoms with Crippen LogP contribution in [-0.2, 0) is 9.59 Å². The van der Waals surface area contributed by atoms with Crippen LogP contribution in [0.15, 0.2) is 69.0 Å². The first-order valence-electron chi connectivity index (χ1n) is 13.0. The lowest BCUT2D eigenvalue weighted by atomic mass is 9.85. The third-order valence-electron chi connectivity index (χ3n) is 6.92. The van der Waals surface area contributed by atoms with E-state index in [-0.39, 0.29) is 17.6 Å². The van der Waals surface area contributed by atoms with E-state index in [0.29, 0.717) is 27.6 Å². The van der Waals surface area contributed by atoms with Gasteiger partial charge in [0.1, 0.15) is 5.76 Å². The zero-order chi connectivity index (χ0) is 29.1. The van der Waals surface area contributed by atoms with Gasteiger partial charge in [0, 0.05) is 17.1 Å². The molecule has 3 N–H and O–H groups in total. The van der Waals surface area contributed by atoms with Crippen LogP contribution in [0.5, 0.6) is 0 Å². The highest BCUT2D eigenvalue weighted by Gasteiger charge is 2.36. The van der Waals surface area contributed by atoms with E-state index in [1.165, 1.54) is 18.0 Å². The second-order valence-corrected chi connectivity index (χ2v) is 11.3. The van der Waals surface area contributed by atoms with Crippen molar-refractivity contribution in [2.45, 2.75) is 54.4 Å². The van der Waals surface area contributed by atoms with Gasteiger partial charge in [0.15, 0.2) is 0 Å². The molecule has 1 aromatic heterocycles. The van der Waals surface area contributed by atoms with Crippen molar-refractivity contribution in [1.29, 1.82) is 5.26 Å².